The Labute approximate surface area is 164 Å². The second-order valence-corrected chi connectivity index (χ2v) is 7.81. The maximum Gasteiger partial charge on any atom is 0.321 e. The van der Waals surface area contributed by atoms with Crippen LogP contribution in [0.25, 0.3) is 10.9 Å². The van der Waals surface area contributed by atoms with Gasteiger partial charge in [0.2, 0.25) is 0 Å². The first kappa shape index (κ1) is 17.4. The van der Waals surface area contributed by atoms with E-state index in [1.165, 1.54) is 28.7 Å². The number of rotatable bonds is 1. The van der Waals surface area contributed by atoms with E-state index in [9.17, 15) is 8.78 Å². The summed E-state index contributed by atoms with van der Waals surface area (Å²) in [5.41, 5.74) is 3.94. The molecule has 0 aliphatic carbocycles. The number of pyridine rings is 1. The molecule has 0 unspecified atom stereocenters. The number of hydrogen-bond acceptors (Lipinski definition) is 2. The third kappa shape index (κ3) is 3.21. The van der Waals surface area contributed by atoms with Gasteiger partial charge in [0, 0.05) is 82.7 Å². The number of aromatic nitrogens is 2. The Morgan fingerprint density at radius 2 is 2.12 bits per heavy atom. The van der Waals surface area contributed by atoms with E-state index < -0.39 is 3.93 Å². The molecule has 4 rings (SSSR count). The minimum atomic E-state index is -2.89. The van der Waals surface area contributed by atoms with E-state index >= 15 is 0 Å². The lowest BCUT2D eigenvalue weighted by atomic mass is 10.0. The first-order chi connectivity index (χ1) is 12.4. The summed E-state index contributed by atoms with van der Waals surface area (Å²) in [6, 6.07) is 11.8. The summed E-state index contributed by atoms with van der Waals surface area (Å²) in [4.78, 5) is 6.28. The van der Waals surface area contributed by atoms with Gasteiger partial charge in [0.05, 0.1) is 5.52 Å². The Bertz CT molecular complexity index is 1030. The van der Waals surface area contributed by atoms with Gasteiger partial charge in [0.1, 0.15) is 0 Å². The van der Waals surface area contributed by atoms with Gasteiger partial charge in [-0.2, -0.15) is 8.78 Å². The highest BCUT2D eigenvalue weighted by molar-refractivity contribution is 14.1. The first-order valence-electron chi connectivity index (χ1n) is 8.27. The van der Waals surface area contributed by atoms with Crippen LogP contribution in [0.4, 0.5) is 8.78 Å². The molecule has 3 nitrogen and oxygen atoms in total. The number of halogens is 3. The second-order valence-electron chi connectivity index (χ2n) is 6.46. The summed E-state index contributed by atoms with van der Waals surface area (Å²) in [5, 5.41) is 0.862. The van der Waals surface area contributed by atoms with Crippen molar-refractivity contribution in [2.75, 3.05) is 13.6 Å². The summed E-state index contributed by atoms with van der Waals surface area (Å²) in [6.45, 7) is 1.66. The molecule has 0 bridgehead atoms. The lowest BCUT2D eigenvalue weighted by Gasteiger charge is -2.23. The summed E-state index contributed by atoms with van der Waals surface area (Å²) in [7, 11) is 2.05. The largest absolute Gasteiger partial charge is 0.321 e. The summed E-state index contributed by atoms with van der Waals surface area (Å²) in [6.07, 6.45) is 4.27. The minimum Gasteiger partial charge on any atom is -0.302 e. The molecule has 3 heterocycles. The van der Waals surface area contributed by atoms with Gasteiger partial charge in [-0.05, 0) is 42.8 Å². The molecule has 0 atom stereocenters. The number of benzene rings is 1. The van der Waals surface area contributed by atoms with Crippen LogP contribution in [0.15, 0.2) is 42.7 Å². The molecule has 0 saturated heterocycles. The highest BCUT2D eigenvalue weighted by atomic mass is 127. The van der Waals surface area contributed by atoms with Crippen molar-refractivity contribution >= 4 is 33.5 Å². The monoisotopic (exact) mass is 463 g/mol. The van der Waals surface area contributed by atoms with Gasteiger partial charge in [0.25, 0.3) is 0 Å². The minimum absolute atomic E-state index is 0.0268. The zero-order valence-electron chi connectivity index (χ0n) is 14.1. The fraction of sp³-hybridized carbons (Fsp3) is 0.250. The van der Waals surface area contributed by atoms with Gasteiger partial charge >= 0.3 is 3.93 Å². The zero-order chi connectivity index (χ0) is 18.3. The number of alkyl halides is 3. The van der Waals surface area contributed by atoms with Gasteiger partial charge < -0.3 is 4.90 Å². The number of fused-ring (bicyclic) bond motifs is 3. The molecule has 26 heavy (non-hydrogen) atoms. The van der Waals surface area contributed by atoms with Gasteiger partial charge in [0.15, 0.2) is 0 Å². The highest BCUT2D eigenvalue weighted by Gasteiger charge is 2.29. The molecule has 1 aliphatic heterocycles. The molecule has 2 aromatic heterocycles. The topological polar surface area (TPSA) is 21.1 Å². The lowest BCUT2D eigenvalue weighted by molar-refractivity contribution is 0.128. The van der Waals surface area contributed by atoms with E-state index in [2.05, 4.69) is 21.8 Å². The van der Waals surface area contributed by atoms with Crippen LogP contribution < -0.4 is 0 Å². The Morgan fingerprint density at radius 3 is 2.85 bits per heavy atom. The molecular weight excluding hydrogens is 447 g/mol. The van der Waals surface area contributed by atoms with Crippen molar-refractivity contribution in [2.45, 2.75) is 16.9 Å². The highest BCUT2D eigenvalue weighted by Crippen LogP contribution is 2.39. The van der Waals surface area contributed by atoms with Crippen LogP contribution in [0, 0.1) is 12.0 Å². The van der Waals surface area contributed by atoms with Crippen LogP contribution in [0.5, 0.6) is 0 Å². The van der Waals surface area contributed by atoms with Crippen molar-refractivity contribution in [1.29, 1.82) is 0 Å². The van der Waals surface area contributed by atoms with Gasteiger partial charge in [-0.15, -0.1) is 0 Å². The van der Waals surface area contributed by atoms with Gasteiger partial charge in [-0.25, -0.2) is 0 Å². The van der Waals surface area contributed by atoms with E-state index in [1.807, 2.05) is 23.7 Å². The van der Waals surface area contributed by atoms with E-state index in [-0.39, 0.29) is 5.56 Å². The van der Waals surface area contributed by atoms with Crippen molar-refractivity contribution < 1.29 is 8.78 Å². The number of nitrogens with zero attached hydrogens (tertiary/aromatic N) is 3. The molecule has 0 saturated carbocycles. The number of hydrogen-bond donors (Lipinski definition) is 0. The molecule has 1 aromatic carbocycles. The van der Waals surface area contributed by atoms with Crippen molar-refractivity contribution in [1.82, 2.24) is 14.5 Å². The fourth-order valence-corrected chi connectivity index (χ4v) is 3.69. The van der Waals surface area contributed by atoms with Gasteiger partial charge in [-0.1, -0.05) is 6.07 Å². The van der Waals surface area contributed by atoms with Crippen molar-refractivity contribution in [3.63, 3.8) is 0 Å². The zero-order valence-corrected chi connectivity index (χ0v) is 16.3. The fourth-order valence-electron chi connectivity index (χ4n) is 3.35. The Morgan fingerprint density at radius 1 is 1.27 bits per heavy atom. The van der Waals surface area contributed by atoms with E-state index in [0.717, 1.165) is 47.2 Å². The number of likely N-dealkylation sites (N-methyl/N-ethyl adjacent to an activating group) is 1. The van der Waals surface area contributed by atoms with Crippen LogP contribution in [0.1, 0.15) is 22.4 Å². The standard InChI is InChI=1S/C20H16F2IN3/c1-25-9-7-19-17(13-25)16-11-15(20(21,22)23)4-5-18(16)26(19)10-6-14-3-2-8-24-12-14/h2-5,8,11-12H,7,9,13H2,1H3. The molecule has 1 aliphatic rings. The average Bonchev–Trinajstić information content (AvgIpc) is 2.92. The molecule has 0 fully saturated rings. The molecule has 0 spiro atoms. The van der Waals surface area contributed by atoms with Gasteiger partial charge in [-0.3, -0.25) is 9.55 Å². The maximum absolute atomic E-state index is 13.8. The quantitative estimate of drug-likeness (QED) is 0.304. The molecule has 0 N–H and O–H groups in total. The lowest BCUT2D eigenvalue weighted by Crippen LogP contribution is -2.27. The molecule has 3 aromatic rings. The third-order valence-electron chi connectivity index (χ3n) is 4.64. The predicted molar refractivity (Wildman–Crippen MR) is 106 cm³/mol. The molecular formula is C20H16F2IN3. The SMILES string of the molecule is CN1CCc2c(c3cc(C(F)(F)I)ccc3n2C#Cc2cccnc2)C1. The van der Waals surface area contributed by atoms with Crippen LogP contribution in [0.2, 0.25) is 0 Å². The third-order valence-corrected chi connectivity index (χ3v) is 5.26. The predicted octanol–water partition coefficient (Wildman–Crippen LogP) is 4.37. The maximum atomic E-state index is 13.8. The molecule has 0 radical (unpaired) electrons. The molecule has 132 valence electrons. The Balaban J connectivity index is 1.91. The second kappa shape index (κ2) is 6.63. The van der Waals surface area contributed by atoms with Crippen LogP contribution in [-0.2, 0) is 16.9 Å². The van der Waals surface area contributed by atoms with Crippen molar-refractivity contribution in [3.05, 3.63) is 65.1 Å². The van der Waals surface area contributed by atoms with Crippen molar-refractivity contribution in [2.24, 2.45) is 0 Å². The van der Waals surface area contributed by atoms with E-state index in [4.69, 9.17) is 0 Å². The average molecular weight is 463 g/mol. The summed E-state index contributed by atoms with van der Waals surface area (Å²) >= 11 is 1.18. The molecule has 6 heteroatoms. The Hall–Kier alpha value is -1.98. The summed E-state index contributed by atoms with van der Waals surface area (Å²) in [5.74, 6) is 3.13. The van der Waals surface area contributed by atoms with E-state index in [0.29, 0.717) is 0 Å². The van der Waals surface area contributed by atoms with E-state index in [1.54, 1.807) is 24.5 Å². The van der Waals surface area contributed by atoms with Crippen LogP contribution in [-0.4, -0.2) is 28.0 Å². The normalized spacial score (nSPS) is 14.8. The Kier molecular flexibility index (Phi) is 4.45. The summed E-state index contributed by atoms with van der Waals surface area (Å²) < 4.78 is 26.7. The van der Waals surface area contributed by atoms with Crippen LogP contribution in [0.3, 0.4) is 0 Å². The van der Waals surface area contributed by atoms with Crippen molar-refractivity contribution in [3.8, 4) is 12.0 Å². The first-order valence-corrected chi connectivity index (χ1v) is 9.35. The van der Waals surface area contributed by atoms with Crippen LogP contribution >= 0.6 is 22.6 Å². The molecule has 0 amide bonds. The smallest absolute Gasteiger partial charge is 0.302 e.